The molecule has 0 amide bonds. The summed E-state index contributed by atoms with van der Waals surface area (Å²) in [6.07, 6.45) is 0.727. The van der Waals surface area contributed by atoms with Gasteiger partial charge in [-0.15, -0.1) is 10.2 Å². The second-order valence-corrected chi connectivity index (χ2v) is 8.48. The Bertz CT molecular complexity index is 1170. The van der Waals surface area contributed by atoms with Gasteiger partial charge < -0.3 is 9.26 Å². The van der Waals surface area contributed by atoms with Crippen LogP contribution < -0.4 is 4.74 Å². The number of rotatable bonds is 9. The fourth-order valence-corrected chi connectivity index (χ4v) is 3.97. The van der Waals surface area contributed by atoms with Crippen LogP contribution in [0.25, 0.3) is 17.1 Å². The van der Waals surface area contributed by atoms with Crippen molar-refractivity contribution < 1.29 is 13.7 Å². The van der Waals surface area contributed by atoms with E-state index in [-0.39, 0.29) is 5.82 Å². The molecule has 0 aliphatic heterocycles. The van der Waals surface area contributed by atoms with Gasteiger partial charge in [0.25, 0.3) is 0 Å². The summed E-state index contributed by atoms with van der Waals surface area (Å²) < 4.78 is 27.3. The van der Waals surface area contributed by atoms with Gasteiger partial charge >= 0.3 is 0 Å². The number of thioether (sulfide) groups is 1. The van der Waals surface area contributed by atoms with E-state index in [2.05, 4.69) is 34.2 Å². The third kappa shape index (κ3) is 4.99. The minimum atomic E-state index is -0.361. The molecule has 2 aromatic carbocycles. The van der Waals surface area contributed by atoms with E-state index in [1.54, 1.807) is 22.8 Å². The Morgan fingerprint density at radius 3 is 2.59 bits per heavy atom. The van der Waals surface area contributed by atoms with Crippen molar-refractivity contribution in [1.82, 2.24) is 24.9 Å². The lowest BCUT2D eigenvalue weighted by molar-refractivity contribution is 0.340. The number of nitrogens with zero attached hydrogens (tertiary/aromatic N) is 5. The molecule has 4 aromatic rings. The summed E-state index contributed by atoms with van der Waals surface area (Å²) in [7, 11) is 0. The normalized spacial score (nSPS) is 11.3. The second kappa shape index (κ2) is 9.95. The molecule has 32 heavy (non-hydrogen) atoms. The standard InChI is InChI=1S/C23H24FN5O2S/c1-4-30-17-11-9-16(10-12-17)22-26-27-23(29(22)19-8-6-5-7-18(19)24)32-14-20-25-21(31-28-20)13-15(2)3/h5-12,15H,4,13-14H2,1-3H3. The quantitative estimate of drug-likeness (QED) is 0.316. The lowest BCUT2D eigenvalue weighted by atomic mass is 10.1. The molecule has 0 aliphatic carbocycles. The van der Waals surface area contributed by atoms with Crippen LogP contribution in [0.4, 0.5) is 4.39 Å². The predicted molar refractivity (Wildman–Crippen MR) is 120 cm³/mol. The zero-order valence-electron chi connectivity index (χ0n) is 18.2. The van der Waals surface area contributed by atoms with Gasteiger partial charge in [-0.1, -0.05) is 42.9 Å². The third-order valence-electron chi connectivity index (χ3n) is 4.57. The second-order valence-electron chi connectivity index (χ2n) is 7.54. The molecule has 7 nitrogen and oxygen atoms in total. The van der Waals surface area contributed by atoms with Gasteiger partial charge in [0, 0.05) is 12.0 Å². The Kier molecular flexibility index (Phi) is 6.84. The molecule has 9 heteroatoms. The van der Waals surface area contributed by atoms with Crippen molar-refractivity contribution in [3.8, 4) is 22.8 Å². The van der Waals surface area contributed by atoms with Crippen LogP contribution in [-0.2, 0) is 12.2 Å². The van der Waals surface area contributed by atoms with Gasteiger partial charge in [0.05, 0.1) is 18.0 Å². The van der Waals surface area contributed by atoms with Crippen molar-refractivity contribution in [2.24, 2.45) is 5.92 Å². The largest absolute Gasteiger partial charge is 0.494 e. The number of benzene rings is 2. The van der Waals surface area contributed by atoms with Crippen LogP contribution in [0, 0.1) is 11.7 Å². The molecular formula is C23H24FN5O2S. The average Bonchev–Trinajstić information content (AvgIpc) is 3.40. The summed E-state index contributed by atoms with van der Waals surface area (Å²) in [6, 6.07) is 14.1. The summed E-state index contributed by atoms with van der Waals surface area (Å²) in [5.41, 5.74) is 1.17. The van der Waals surface area contributed by atoms with E-state index in [4.69, 9.17) is 9.26 Å². The highest BCUT2D eigenvalue weighted by atomic mass is 32.2. The average molecular weight is 454 g/mol. The maximum atomic E-state index is 14.7. The first-order valence-corrected chi connectivity index (χ1v) is 11.4. The van der Waals surface area contributed by atoms with E-state index < -0.39 is 0 Å². The van der Waals surface area contributed by atoms with Gasteiger partial charge in [-0.25, -0.2) is 4.39 Å². The molecule has 0 spiro atoms. The number of para-hydroxylation sites is 1. The molecular weight excluding hydrogens is 429 g/mol. The Hall–Kier alpha value is -3.20. The fraction of sp³-hybridized carbons (Fsp3) is 0.304. The molecule has 0 atom stereocenters. The zero-order chi connectivity index (χ0) is 22.5. The van der Waals surface area contributed by atoms with Gasteiger partial charge in [-0.05, 0) is 49.2 Å². The van der Waals surface area contributed by atoms with E-state index in [9.17, 15) is 4.39 Å². The topological polar surface area (TPSA) is 78.9 Å². The highest BCUT2D eigenvalue weighted by molar-refractivity contribution is 7.98. The zero-order valence-corrected chi connectivity index (χ0v) is 19.0. The molecule has 166 valence electrons. The molecule has 0 unspecified atom stereocenters. The van der Waals surface area contributed by atoms with Gasteiger partial charge in [0.1, 0.15) is 11.6 Å². The van der Waals surface area contributed by atoms with Gasteiger partial charge in [0.2, 0.25) is 5.89 Å². The summed E-state index contributed by atoms with van der Waals surface area (Å²) in [5.74, 6) is 2.97. The Morgan fingerprint density at radius 1 is 1.09 bits per heavy atom. The van der Waals surface area contributed by atoms with Crippen molar-refractivity contribution in [2.45, 2.75) is 38.1 Å². The number of aromatic nitrogens is 5. The summed E-state index contributed by atoms with van der Waals surface area (Å²) in [6.45, 7) is 6.71. The number of halogens is 1. The third-order valence-corrected chi connectivity index (χ3v) is 5.50. The Labute approximate surface area is 190 Å². The SMILES string of the molecule is CCOc1ccc(-c2nnc(SCc3noc(CC(C)C)n3)n2-c2ccccc2F)cc1. The molecule has 0 saturated heterocycles. The molecule has 0 saturated carbocycles. The highest BCUT2D eigenvalue weighted by Crippen LogP contribution is 2.31. The van der Waals surface area contributed by atoms with E-state index in [1.165, 1.54) is 17.8 Å². The summed E-state index contributed by atoms with van der Waals surface area (Å²) in [5, 5.41) is 13.3. The van der Waals surface area contributed by atoms with Crippen molar-refractivity contribution in [2.75, 3.05) is 6.61 Å². The minimum Gasteiger partial charge on any atom is -0.494 e. The van der Waals surface area contributed by atoms with Gasteiger partial charge in [0.15, 0.2) is 16.8 Å². The van der Waals surface area contributed by atoms with E-state index in [0.717, 1.165) is 17.7 Å². The van der Waals surface area contributed by atoms with E-state index in [0.29, 0.717) is 46.7 Å². The van der Waals surface area contributed by atoms with Crippen LogP contribution in [0.1, 0.15) is 32.5 Å². The van der Waals surface area contributed by atoms with Crippen molar-refractivity contribution in [1.29, 1.82) is 0 Å². The number of hydrogen-bond donors (Lipinski definition) is 0. The van der Waals surface area contributed by atoms with Crippen LogP contribution >= 0.6 is 11.8 Å². The predicted octanol–water partition coefficient (Wildman–Crippen LogP) is 5.35. The van der Waals surface area contributed by atoms with Crippen molar-refractivity contribution >= 4 is 11.8 Å². The number of ether oxygens (including phenoxy) is 1. The van der Waals surface area contributed by atoms with Crippen molar-refractivity contribution in [3.63, 3.8) is 0 Å². The number of hydrogen-bond acceptors (Lipinski definition) is 7. The maximum Gasteiger partial charge on any atom is 0.226 e. The molecule has 0 bridgehead atoms. The van der Waals surface area contributed by atoms with E-state index >= 15 is 0 Å². The van der Waals surface area contributed by atoms with Crippen LogP contribution in [0.15, 0.2) is 58.2 Å². The monoisotopic (exact) mass is 453 g/mol. The minimum absolute atomic E-state index is 0.361. The van der Waals surface area contributed by atoms with Crippen LogP contribution in [0.5, 0.6) is 5.75 Å². The van der Waals surface area contributed by atoms with Gasteiger partial charge in [-0.3, -0.25) is 4.57 Å². The lowest BCUT2D eigenvalue weighted by Gasteiger charge is -2.11. The summed E-state index contributed by atoms with van der Waals surface area (Å²) >= 11 is 1.38. The molecule has 0 fully saturated rings. The first kappa shape index (κ1) is 22.0. The maximum absolute atomic E-state index is 14.7. The van der Waals surface area contributed by atoms with Gasteiger partial charge in [-0.2, -0.15) is 4.98 Å². The smallest absolute Gasteiger partial charge is 0.226 e. The molecule has 2 heterocycles. The molecule has 0 N–H and O–H groups in total. The fourth-order valence-electron chi connectivity index (χ4n) is 3.18. The first-order valence-electron chi connectivity index (χ1n) is 10.4. The van der Waals surface area contributed by atoms with E-state index in [1.807, 2.05) is 31.2 Å². The Morgan fingerprint density at radius 2 is 1.88 bits per heavy atom. The van der Waals surface area contributed by atoms with Crippen LogP contribution in [-0.4, -0.2) is 31.5 Å². The first-order chi connectivity index (χ1) is 15.5. The van der Waals surface area contributed by atoms with Crippen molar-refractivity contribution in [3.05, 3.63) is 66.1 Å². The molecule has 0 radical (unpaired) electrons. The Balaban J connectivity index is 1.65. The molecule has 4 rings (SSSR count). The molecule has 2 aromatic heterocycles. The summed E-state index contributed by atoms with van der Waals surface area (Å²) in [4.78, 5) is 4.43. The van der Waals surface area contributed by atoms with Crippen LogP contribution in [0.3, 0.4) is 0 Å². The highest BCUT2D eigenvalue weighted by Gasteiger charge is 2.20. The molecule has 0 aliphatic rings. The van der Waals surface area contributed by atoms with Crippen LogP contribution in [0.2, 0.25) is 0 Å². The lowest BCUT2D eigenvalue weighted by Crippen LogP contribution is -2.02.